The molecule has 2 N–H and O–H groups in total. The van der Waals surface area contributed by atoms with Gasteiger partial charge in [-0.1, -0.05) is 30.3 Å². The minimum Gasteiger partial charge on any atom is -0.350 e. The monoisotopic (exact) mass is 523 g/mol. The van der Waals surface area contributed by atoms with Crippen LogP contribution in [0.4, 0.5) is 13.2 Å². The van der Waals surface area contributed by atoms with Gasteiger partial charge in [-0.05, 0) is 62.4 Å². The van der Waals surface area contributed by atoms with E-state index in [0.717, 1.165) is 29.8 Å². The van der Waals surface area contributed by atoms with Crippen LogP contribution >= 0.6 is 0 Å². The maximum atomic E-state index is 13.5. The third kappa shape index (κ3) is 5.73. The molecule has 0 aromatic heterocycles. The Hall–Kier alpha value is -2.92. The number of rotatable bonds is 5. The molecule has 2 atom stereocenters. The van der Waals surface area contributed by atoms with E-state index >= 15 is 0 Å². The highest BCUT2D eigenvalue weighted by Gasteiger charge is 2.40. The van der Waals surface area contributed by atoms with Gasteiger partial charge in [-0.15, -0.1) is 0 Å². The van der Waals surface area contributed by atoms with Crippen molar-refractivity contribution < 1.29 is 31.2 Å². The molecule has 1 aliphatic heterocycles. The van der Waals surface area contributed by atoms with E-state index in [2.05, 4.69) is 10.0 Å². The van der Waals surface area contributed by atoms with Gasteiger partial charge in [-0.2, -0.15) is 13.2 Å². The standard InChI is InChI=1S/C25H28F3N3O4S/c1-16-23(17-5-3-2-4-6-17)31(15-22(32)29-16)24(33)18-7-11-20(12-8-18)30-36(34,35)21-13-9-19(10-14-21)25(26,27)28/h2-6,9-10,13-14,16,18,20,23,30H,7-8,11-12,15H2,1H3,(H,29,32). The van der Waals surface area contributed by atoms with Gasteiger partial charge in [-0.3, -0.25) is 9.59 Å². The number of nitrogens with zero attached hydrogens (tertiary/aromatic N) is 1. The van der Waals surface area contributed by atoms with Crippen LogP contribution in [0.2, 0.25) is 0 Å². The zero-order chi connectivity index (χ0) is 26.1. The lowest BCUT2D eigenvalue weighted by Crippen LogP contribution is -2.57. The first-order valence-electron chi connectivity index (χ1n) is 11.8. The van der Waals surface area contributed by atoms with Crippen LogP contribution in [-0.2, 0) is 25.8 Å². The summed E-state index contributed by atoms with van der Waals surface area (Å²) < 4.78 is 66.2. The molecule has 2 aliphatic rings. The van der Waals surface area contributed by atoms with Crippen LogP contribution in [-0.4, -0.2) is 43.8 Å². The maximum Gasteiger partial charge on any atom is 0.416 e. The van der Waals surface area contributed by atoms with Gasteiger partial charge in [0.05, 0.1) is 22.5 Å². The van der Waals surface area contributed by atoms with E-state index in [-0.39, 0.29) is 41.3 Å². The fraction of sp³-hybridized carbons (Fsp3) is 0.440. The van der Waals surface area contributed by atoms with Gasteiger partial charge in [0.1, 0.15) is 6.54 Å². The molecule has 1 saturated heterocycles. The van der Waals surface area contributed by atoms with Crippen molar-refractivity contribution in [1.29, 1.82) is 0 Å². The number of carbonyl (C=O) groups is 2. The van der Waals surface area contributed by atoms with E-state index in [4.69, 9.17) is 0 Å². The molecule has 36 heavy (non-hydrogen) atoms. The molecule has 2 amide bonds. The number of hydrogen-bond donors (Lipinski definition) is 2. The molecule has 1 aliphatic carbocycles. The zero-order valence-corrected chi connectivity index (χ0v) is 20.5. The largest absolute Gasteiger partial charge is 0.416 e. The molecule has 2 fully saturated rings. The Labute approximate surface area is 208 Å². The van der Waals surface area contributed by atoms with Gasteiger partial charge < -0.3 is 10.2 Å². The Balaban J connectivity index is 1.40. The first kappa shape index (κ1) is 26.2. The number of carbonyl (C=O) groups excluding carboxylic acids is 2. The number of benzene rings is 2. The molecule has 194 valence electrons. The van der Waals surface area contributed by atoms with Gasteiger partial charge in [0, 0.05) is 12.0 Å². The van der Waals surface area contributed by atoms with Crippen molar-refractivity contribution in [1.82, 2.24) is 14.9 Å². The number of hydrogen-bond acceptors (Lipinski definition) is 4. The lowest BCUT2D eigenvalue weighted by Gasteiger charge is -2.42. The minimum atomic E-state index is -4.55. The lowest BCUT2D eigenvalue weighted by atomic mass is 9.84. The highest BCUT2D eigenvalue weighted by atomic mass is 32.2. The van der Waals surface area contributed by atoms with Crippen LogP contribution in [0.5, 0.6) is 0 Å². The molecule has 1 heterocycles. The van der Waals surface area contributed by atoms with Crippen LogP contribution in [0.1, 0.15) is 49.8 Å². The van der Waals surface area contributed by atoms with Crippen LogP contribution in [0.3, 0.4) is 0 Å². The summed E-state index contributed by atoms with van der Waals surface area (Å²) in [5.41, 5.74) is 0.00586. The van der Waals surface area contributed by atoms with Gasteiger partial charge in [0.2, 0.25) is 21.8 Å². The van der Waals surface area contributed by atoms with Gasteiger partial charge in [0.25, 0.3) is 0 Å². The van der Waals surface area contributed by atoms with Crippen LogP contribution < -0.4 is 10.0 Å². The van der Waals surface area contributed by atoms with Gasteiger partial charge in [0.15, 0.2) is 0 Å². The van der Waals surface area contributed by atoms with Crippen molar-refractivity contribution in [3.05, 3.63) is 65.7 Å². The highest BCUT2D eigenvalue weighted by molar-refractivity contribution is 7.89. The first-order valence-corrected chi connectivity index (χ1v) is 13.3. The van der Waals surface area contributed by atoms with Crippen LogP contribution in [0.15, 0.2) is 59.5 Å². The van der Waals surface area contributed by atoms with E-state index in [1.165, 1.54) is 0 Å². The average Bonchev–Trinajstić information content (AvgIpc) is 2.83. The first-order chi connectivity index (χ1) is 17.0. The van der Waals surface area contributed by atoms with Crippen molar-refractivity contribution in [3.8, 4) is 0 Å². The van der Waals surface area contributed by atoms with E-state index < -0.39 is 27.8 Å². The van der Waals surface area contributed by atoms with Crippen LogP contribution in [0, 0.1) is 5.92 Å². The third-order valence-corrected chi connectivity index (χ3v) is 8.36. The highest BCUT2D eigenvalue weighted by Crippen LogP contribution is 2.34. The van der Waals surface area contributed by atoms with Gasteiger partial charge in [-0.25, -0.2) is 13.1 Å². The quantitative estimate of drug-likeness (QED) is 0.626. The average molecular weight is 524 g/mol. The smallest absolute Gasteiger partial charge is 0.350 e. The number of amides is 2. The second kappa shape index (κ2) is 10.2. The van der Waals surface area contributed by atoms with E-state index in [1.54, 1.807) is 4.90 Å². The van der Waals surface area contributed by atoms with Crippen molar-refractivity contribution in [2.45, 2.75) is 61.8 Å². The van der Waals surface area contributed by atoms with Crippen molar-refractivity contribution in [2.75, 3.05) is 6.54 Å². The molecule has 7 nitrogen and oxygen atoms in total. The zero-order valence-electron chi connectivity index (χ0n) is 19.7. The number of alkyl halides is 3. The molecule has 2 aromatic carbocycles. The second-order valence-corrected chi connectivity index (χ2v) is 11.1. The summed E-state index contributed by atoms with van der Waals surface area (Å²) in [5.74, 6) is -0.697. The molecular weight excluding hydrogens is 495 g/mol. The Morgan fingerprint density at radius 1 is 1.00 bits per heavy atom. The lowest BCUT2D eigenvalue weighted by molar-refractivity contribution is -0.147. The van der Waals surface area contributed by atoms with E-state index in [1.807, 2.05) is 37.3 Å². The Morgan fingerprint density at radius 3 is 2.19 bits per heavy atom. The Bertz CT molecular complexity index is 1200. The van der Waals surface area contributed by atoms with Crippen molar-refractivity contribution in [2.24, 2.45) is 5.92 Å². The Morgan fingerprint density at radius 2 is 1.61 bits per heavy atom. The second-order valence-electron chi connectivity index (χ2n) is 9.37. The summed E-state index contributed by atoms with van der Waals surface area (Å²) in [7, 11) is -4.01. The number of halogens is 3. The third-order valence-electron chi connectivity index (χ3n) is 6.83. The summed E-state index contributed by atoms with van der Waals surface area (Å²) in [6.45, 7) is 1.82. The van der Waals surface area contributed by atoms with Crippen molar-refractivity contribution >= 4 is 21.8 Å². The molecular formula is C25H28F3N3O4S. The molecule has 1 saturated carbocycles. The fourth-order valence-electron chi connectivity index (χ4n) is 5.04. The summed E-state index contributed by atoms with van der Waals surface area (Å²) in [5, 5.41) is 2.90. The summed E-state index contributed by atoms with van der Waals surface area (Å²) in [6, 6.07) is 11.9. The minimum absolute atomic E-state index is 0.0385. The van der Waals surface area contributed by atoms with E-state index in [0.29, 0.717) is 25.7 Å². The summed E-state index contributed by atoms with van der Waals surface area (Å²) >= 11 is 0. The SMILES string of the molecule is CC1NC(=O)CN(C(=O)C2CCC(NS(=O)(=O)c3ccc(C(F)(F)F)cc3)CC2)C1c1ccccc1. The molecule has 2 unspecified atom stereocenters. The maximum absolute atomic E-state index is 13.5. The number of sulfonamides is 1. The Kier molecular flexibility index (Phi) is 7.42. The van der Waals surface area contributed by atoms with Crippen LogP contribution in [0.25, 0.3) is 0 Å². The molecule has 0 spiro atoms. The fourth-order valence-corrected chi connectivity index (χ4v) is 6.34. The number of nitrogens with one attached hydrogen (secondary N) is 2. The number of piperazine rings is 1. The summed E-state index contributed by atoms with van der Waals surface area (Å²) in [4.78, 5) is 27.1. The molecule has 2 aromatic rings. The molecule has 0 radical (unpaired) electrons. The predicted octanol–water partition coefficient (Wildman–Crippen LogP) is 3.63. The normalized spacial score (nSPS) is 25.3. The topological polar surface area (TPSA) is 95.6 Å². The molecule has 11 heteroatoms. The van der Waals surface area contributed by atoms with E-state index in [9.17, 15) is 31.2 Å². The summed E-state index contributed by atoms with van der Waals surface area (Å²) in [6.07, 6.45) is -2.86. The molecule has 4 rings (SSSR count). The molecule has 0 bridgehead atoms. The van der Waals surface area contributed by atoms with Crippen molar-refractivity contribution in [3.63, 3.8) is 0 Å². The predicted molar refractivity (Wildman–Crippen MR) is 126 cm³/mol. The van der Waals surface area contributed by atoms with Gasteiger partial charge >= 0.3 is 6.18 Å².